The average molecular weight is 265 g/mol. The molecule has 1 unspecified atom stereocenters. The van der Waals surface area contributed by atoms with Crippen molar-refractivity contribution in [1.29, 1.82) is 0 Å². The Kier molecular flexibility index (Phi) is 5.18. The second kappa shape index (κ2) is 6.43. The molecule has 0 saturated heterocycles. The lowest BCUT2D eigenvalue weighted by Gasteiger charge is -2.30. The van der Waals surface area contributed by atoms with Crippen molar-refractivity contribution in [3.63, 3.8) is 0 Å². The lowest BCUT2D eigenvalue weighted by atomic mass is 10.1. The van der Waals surface area contributed by atoms with Crippen LogP contribution in [0.25, 0.3) is 0 Å². The third kappa shape index (κ3) is 3.86. The molecule has 0 fully saturated rings. The summed E-state index contributed by atoms with van der Waals surface area (Å²) < 4.78 is 0. The van der Waals surface area contributed by atoms with Crippen LogP contribution in [-0.4, -0.2) is 54.0 Å². The third-order valence-electron chi connectivity index (χ3n) is 3.03. The Hall–Kier alpha value is -1.75. The van der Waals surface area contributed by atoms with E-state index in [1.807, 2.05) is 32.8 Å². The Morgan fingerprint density at radius 3 is 2.58 bits per heavy atom. The monoisotopic (exact) mass is 265 g/mol. The molecule has 0 aliphatic heterocycles. The summed E-state index contributed by atoms with van der Waals surface area (Å²) in [4.78, 5) is 16.3. The van der Waals surface area contributed by atoms with Gasteiger partial charge in [0.1, 0.15) is 5.75 Å². The molecule has 5 heteroatoms. The molecule has 0 saturated carbocycles. The predicted molar refractivity (Wildman–Crippen MR) is 77.2 cm³/mol. The first-order valence-corrected chi connectivity index (χ1v) is 6.41. The van der Waals surface area contributed by atoms with Crippen molar-refractivity contribution in [2.75, 3.05) is 32.9 Å². The fraction of sp³-hybridized carbons (Fsp3) is 0.500. The first kappa shape index (κ1) is 15.3. The minimum Gasteiger partial charge on any atom is -0.508 e. The number of rotatable bonds is 5. The van der Waals surface area contributed by atoms with Gasteiger partial charge in [-0.2, -0.15) is 0 Å². The van der Waals surface area contributed by atoms with Crippen LogP contribution in [0.1, 0.15) is 24.2 Å². The quantitative estimate of drug-likeness (QED) is 0.623. The highest BCUT2D eigenvalue weighted by Crippen LogP contribution is 2.21. The van der Waals surface area contributed by atoms with Gasteiger partial charge in [-0.25, -0.2) is 0 Å². The molecule has 1 aromatic carbocycles. The molecule has 0 aromatic heterocycles. The molecule has 1 atom stereocenters. The topological polar surface area (TPSA) is 69.8 Å². The number of nitrogen functional groups attached to an aromatic ring is 1. The Bertz CT molecular complexity index is 446. The van der Waals surface area contributed by atoms with Crippen LogP contribution in [0.4, 0.5) is 5.69 Å². The van der Waals surface area contributed by atoms with Gasteiger partial charge in [-0.05, 0) is 46.1 Å². The number of nitrogens with zero attached hydrogens (tertiary/aromatic N) is 2. The molecule has 0 radical (unpaired) electrons. The standard InChI is InChI=1S/C14H23N3O2/c1-5-17(10(2)9-16(3)4)14(19)12-8-11(18)6-7-13(12)15/h6-8,10,18H,5,9,15H2,1-4H3. The van der Waals surface area contributed by atoms with E-state index in [1.54, 1.807) is 11.0 Å². The van der Waals surface area contributed by atoms with Crippen LogP contribution in [0.15, 0.2) is 18.2 Å². The van der Waals surface area contributed by atoms with Crippen LogP contribution < -0.4 is 5.73 Å². The number of hydrogen-bond donors (Lipinski definition) is 2. The zero-order chi connectivity index (χ0) is 14.6. The van der Waals surface area contributed by atoms with Gasteiger partial charge in [-0.3, -0.25) is 4.79 Å². The van der Waals surface area contributed by atoms with Gasteiger partial charge >= 0.3 is 0 Å². The number of phenols is 1. The summed E-state index contributed by atoms with van der Waals surface area (Å²) in [6.45, 7) is 5.31. The molecule has 1 amide bonds. The number of likely N-dealkylation sites (N-methyl/N-ethyl adjacent to an activating group) is 2. The van der Waals surface area contributed by atoms with Crippen molar-refractivity contribution >= 4 is 11.6 Å². The Morgan fingerprint density at radius 2 is 2.05 bits per heavy atom. The van der Waals surface area contributed by atoms with Gasteiger partial charge in [0.15, 0.2) is 0 Å². The van der Waals surface area contributed by atoms with E-state index in [-0.39, 0.29) is 17.7 Å². The number of anilines is 1. The predicted octanol–water partition coefficient (Wildman–Crippen LogP) is 1.39. The summed E-state index contributed by atoms with van der Waals surface area (Å²) in [5.74, 6) is -0.0980. The fourth-order valence-corrected chi connectivity index (χ4v) is 2.17. The molecule has 106 valence electrons. The normalized spacial score (nSPS) is 12.5. The summed E-state index contributed by atoms with van der Waals surface area (Å²) in [6, 6.07) is 4.52. The summed E-state index contributed by atoms with van der Waals surface area (Å²) in [5.41, 5.74) is 6.56. The van der Waals surface area contributed by atoms with E-state index in [1.165, 1.54) is 12.1 Å². The van der Waals surface area contributed by atoms with Gasteiger partial charge < -0.3 is 20.6 Å². The van der Waals surface area contributed by atoms with Crippen molar-refractivity contribution in [2.24, 2.45) is 0 Å². The molecule has 19 heavy (non-hydrogen) atoms. The van der Waals surface area contributed by atoms with E-state index in [0.29, 0.717) is 17.8 Å². The minimum absolute atomic E-state index is 0.0499. The molecule has 0 aliphatic rings. The van der Waals surface area contributed by atoms with E-state index >= 15 is 0 Å². The van der Waals surface area contributed by atoms with Crippen molar-refractivity contribution < 1.29 is 9.90 Å². The van der Waals surface area contributed by atoms with Gasteiger partial charge in [0.2, 0.25) is 0 Å². The van der Waals surface area contributed by atoms with E-state index in [4.69, 9.17) is 5.73 Å². The van der Waals surface area contributed by atoms with Crippen LogP contribution in [0.5, 0.6) is 5.75 Å². The van der Waals surface area contributed by atoms with Crippen molar-refractivity contribution in [2.45, 2.75) is 19.9 Å². The molecule has 1 rings (SSSR count). The molecule has 3 N–H and O–H groups in total. The molecular formula is C14H23N3O2. The van der Waals surface area contributed by atoms with Crippen LogP contribution in [0.2, 0.25) is 0 Å². The number of phenolic OH excluding ortho intramolecular Hbond substituents is 1. The maximum absolute atomic E-state index is 12.5. The largest absolute Gasteiger partial charge is 0.508 e. The van der Waals surface area contributed by atoms with E-state index in [2.05, 4.69) is 0 Å². The zero-order valence-corrected chi connectivity index (χ0v) is 12.1. The number of aromatic hydroxyl groups is 1. The summed E-state index contributed by atoms with van der Waals surface area (Å²) in [5, 5.41) is 9.49. The van der Waals surface area contributed by atoms with E-state index in [0.717, 1.165) is 6.54 Å². The Labute approximate surface area is 114 Å². The maximum Gasteiger partial charge on any atom is 0.256 e. The van der Waals surface area contributed by atoms with Crippen molar-refractivity contribution in [1.82, 2.24) is 9.80 Å². The molecule has 0 spiro atoms. The van der Waals surface area contributed by atoms with E-state index in [9.17, 15) is 9.90 Å². The smallest absolute Gasteiger partial charge is 0.256 e. The van der Waals surface area contributed by atoms with Crippen molar-refractivity contribution in [3.05, 3.63) is 23.8 Å². The Balaban J connectivity index is 2.98. The minimum atomic E-state index is -0.148. The molecule has 0 aliphatic carbocycles. The lowest BCUT2D eigenvalue weighted by molar-refractivity contribution is 0.0679. The number of carbonyl (C=O) groups is 1. The molecule has 5 nitrogen and oxygen atoms in total. The third-order valence-corrected chi connectivity index (χ3v) is 3.03. The second-order valence-electron chi connectivity index (χ2n) is 4.97. The van der Waals surface area contributed by atoms with Gasteiger partial charge in [0.05, 0.1) is 5.56 Å². The van der Waals surface area contributed by atoms with Crippen LogP contribution in [0, 0.1) is 0 Å². The average Bonchev–Trinajstić information content (AvgIpc) is 2.32. The first-order chi connectivity index (χ1) is 8.86. The van der Waals surface area contributed by atoms with E-state index < -0.39 is 0 Å². The molecule has 1 aromatic rings. The van der Waals surface area contributed by atoms with Gasteiger partial charge in [-0.1, -0.05) is 0 Å². The summed E-state index contributed by atoms with van der Waals surface area (Å²) in [7, 11) is 3.94. The number of benzene rings is 1. The number of hydrogen-bond acceptors (Lipinski definition) is 4. The summed E-state index contributed by atoms with van der Waals surface area (Å²) >= 11 is 0. The number of amides is 1. The summed E-state index contributed by atoms with van der Waals surface area (Å²) in [6.07, 6.45) is 0. The molecular weight excluding hydrogens is 242 g/mol. The highest BCUT2D eigenvalue weighted by molar-refractivity contribution is 5.99. The molecule has 0 heterocycles. The number of nitrogens with two attached hydrogens (primary N) is 1. The lowest BCUT2D eigenvalue weighted by Crippen LogP contribution is -2.43. The van der Waals surface area contributed by atoms with Gasteiger partial charge in [0, 0.05) is 24.8 Å². The van der Waals surface area contributed by atoms with Crippen LogP contribution in [0.3, 0.4) is 0 Å². The first-order valence-electron chi connectivity index (χ1n) is 6.41. The van der Waals surface area contributed by atoms with Gasteiger partial charge in [-0.15, -0.1) is 0 Å². The highest BCUT2D eigenvalue weighted by Gasteiger charge is 2.22. The maximum atomic E-state index is 12.5. The van der Waals surface area contributed by atoms with Crippen molar-refractivity contribution in [3.8, 4) is 5.75 Å². The molecule has 0 bridgehead atoms. The SMILES string of the molecule is CCN(C(=O)c1cc(O)ccc1N)C(C)CN(C)C. The Morgan fingerprint density at radius 1 is 1.42 bits per heavy atom. The highest BCUT2D eigenvalue weighted by atomic mass is 16.3. The van der Waals surface area contributed by atoms with Crippen LogP contribution >= 0.6 is 0 Å². The van der Waals surface area contributed by atoms with Crippen LogP contribution in [-0.2, 0) is 0 Å². The second-order valence-corrected chi connectivity index (χ2v) is 4.97. The number of carbonyl (C=O) groups excluding carboxylic acids is 1. The zero-order valence-electron chi connectivity index (χ0n) is 12.1. The van der Waals surface area contributed by atoms with Gasteiger partial charge in [0.25, 0.3) is 5.91 Å². The fourth-order valence-electron chi connectivity index (χ4n) is 2.17.